The molecule has 0 aromatic carbocycles. The number of oxime groups is 1. The number of nitrogens with zero attached hydrogens (tertiary/aromatic N) is 5. The number of hydrogen-bond donors (Lipinski definition) is 2. The van der Waals surface area contributed by atoms with Crippen molar-refractivity contribution in [1.82, 2.24) is 14.3 Å². The first-order valence-corrected chi connectivity index (χ1v) is 6.57. The minimum Gasteiger partial charge on any atom is -0.409 e. The molecule has 8 heteroatoms. The van der Waals surface area contributed by atoms with E-state index >= 15 is 0 Å². The molecule has 2 heterocycles. The van der Waals surface area contributed by atoms with Crippen molar-refractivity contribution in [2.24, 2.45) is 10.9 Å². The molecule has 1 aliphatic rings. The molecule has 1 aromatic heterocycles. The summed E-state index contributed by atoms with van der Waals surface area (Å²) in [6.07, 6.45) is 1.58. The molecule has 0 amide bonds. The van der Waals surface area contributed by atoms with Crippen molar-refractivity contribution in [2.75, 3.05) is 31.1 Å². The number of hydrogen-bond acceptors (Lipinski definition) is 7. The molecule has 7 nitrogen and oxygen atoms in total. The van der Waals surface area contributed by atoms with Gasteiger partial charge in [-0.2, -0.15) is 4.37 Å². The fourth-order valence-corrected chi connectivity index (χ4v) is 2.63. The van der Waals surface area contributed by atoms with Gasteiger partial charge in [0.15, 0.2) is 5.84 Å². The average molecular weight is 270 g/mol. The summed E-state index contributed by atoms with van der Waals surface area (Å²) in [6, 6.07) is 0. The first kappa shape index (κ1) is 13.0. The van der Waals surface area contributed by atoms with Crippen molar-refractivity contribution in [1.29, 1.82) is 0 Å². The number of amidine groups is 1. The van der Waals surface area contributed by atoms with E-state index in [2.05, 4.69) is 24.3 Å². The van der Waals surface area contributed by atoms with Crippen molar-refractivity contribution < 1.29 is 5.21 Å². The lowest BCUT2D eigenvalue weighted by atomic mass is 10.0. The highest BCUT2D eigenvalue weighted by molar-refractivity contribution is 7.09. The number of nitrogens with two attached hydrogens (primary N) is 1. The molecule has 1 saturated heterocycles. The Labute approximate surface area is 110 Å². The second kappa shape index (κ2) is 5.07. The van der Waals surface area contributed by atoms with E-state index in [0.717, 1.165) is 31.3 Å². The Hall–Kier alpha value is -1.41. The van der Waals surface area contributed by atoms with Gasteiger partial charge in [0.1, 0.15) is 6.33 Å². The van der Waals surface area contributed by atoms with Crippen molar-refractivity contribution in [3.63, 3.8) is 0 Å². The molecule has 0 bridgehead atoms. The zero-order valence-electron chi connectivity index (χ0n) is 10.6. The monoisotopic (exact) mass is 270 g/mol. The summed E-state index contributed by atoms with van der Waals surface area (Å²) in [5.74, 6) is 0.242. The van der Waals surface area contributed by atoms with Crippen LogP contribution in [0, 0.1) is 0 Å². The Morgan fingerprint density at radius 3 is 2.61 bits per heavy atom. The van der Waals surface area contributed by atoms with Crippen molar-refractivity contribution in [3.8, 4) is 0 Å². The van der Waals surface area contributed by atoms with Gasteiger partial charge in [-0.25, -0.2) is 4.98 Å². The van der Waals surface area contributed by atoms with Crippen molar-refractivity contribution in [2.45, 2.75) is 19.4 Å². The Bertz CT molecular complexity index is 410. The first-order valence-electron chi connectivity index (χ1n) is 5.80. The second-order valence-corrected chi connectivity index (χ2v) is 5.50. The SMILES string of the molecule is CC(C)(C(N)=NO)N1CCN(c2ncns2)CC1. The molecule has 1 aromatic rings. The molecule has 18 heavy (non-hydrogen) atoms. The topological polar surface area (TPSA) is 90.9 Å². The van der Waals surface area contributed by atoms with Gasteiger partial charge in [0.2, 0.25) is 5.13 Å². The van der Waals surface area contributed by atoms with Gasteiger partial charge in [-0.05, 0) is 13.8 Å². The number of anilines is 1. The highest BCUT2D eigenvalue weighted by Crippen LogP contribution is 2.21. The fraction of sp³-hybridized carbons (Fsp3) is 0.700. The zero-order valence-corrected chi connectivity index (χ0v) is 11.4. The van der Waals surface area contributed by atoms with E-state index in [9.17, 15) is 0 Å². The van der Waals surface area contributed by atoms with E-state index < -0.39 is 5.54 Å². The quantitative estimate of drug-likeness (QED) is 0.352. The predicted octanol–water partition coefficient (Wildman–Crippen LogP) is 0.185. The van der Waals surface area contributed by atoms with Gasteiger partial charge in [0.05, 0.1) is 5.54 Å². The molecule has 2 rings (SSSR count). The highest BCUT2D eigenvalue weighted by atomic mass is 32.1. The van der Waals surface area contributed by atoms with Crippen LogP contribution in [0.25, 0.3) is 0 Å². The zero-order chi connectivity index (χ0) is 13.2. The summed E-state index contributed by atoms with van der Waals surface area (Å²) < 4.78 is 4.01. The summed E-state index contributed by atoms with van der Waals surface area (Å²) >= 11 is 1.41. The highest BCUT2D eigenvalue weighted by Gasteiger charge is 2.34. The van der Waals surface area contributed by atoms with Crippen LogP contribution < -0.4 is 10.6 Å². The van der Waals surface area contributed by atoms with Crippen LogP contribution in [0.2, 0.25) is 0 Å². The average Bonchev–Trinajstić information content (AvgIpc) is 2.91. The molecule has 0 unspecified atom stereocenters. The largest absolute Gasteiger partial charge is 0.409 e. The minimum atomic E-state index is -0.429. The molecule has 1 aliphatic heterocycles. The van der Waals surface area contributed by atoms with Crippen LogP contribution in [0.3, 0.4) is 0 Å². The molecule has 0 radical (unpaired) electrons. The molecule has 100 valence electrons. The van der Waals surface area contributed by atoms with Gasteiger partial charge in [-0.1, -0.05) is 5.16 Å². The maximum atomic E-state index is 8.81. The van der Waals surface area contributed by atoms with Crippen LogP contribution in [0.1, 0.15) is 13.8 Å². The Morgan fingerprint density at radius 2 is 2.11 bits per heavy atom. The number of aromatic nitrogens is 2. The van der Waals surface area contributed by atoms with Crippen molar-refractivity contribution >= 4 is 22.5 Å². The third-order valence-electron chi connectivity index (χ3n) is 3.42. The van der Waals surface area contributed by atoms with Crippen LogP contribution >= 0.6 is 11.5 Å². The summed E-state index contributed by atoms with van der Waals surface area (Å²) in [5, 5.41) is 12.9. The Kier molecular flexibility index (Phi) is 3.67. The lowest BCUT2D eigenvalue weighted by Gasteiger charge is -2.43. The van der Waals surface area contributed by atoms with Crippen LogP contribution in [0.5, 0.6) is 0 Å². The predicted molar refractivity (Wildman–Crippen MR) is 71.2 cm³/mol. The molecule has 0 saturated carbocycles. The maximum Gasteiger partial charge on any atom is 0.205 e. The van der Waals surface area contributed by atoms with Gasteiger partial charge in [-0.15, -0.1) is 0 Å². The van der Waals surface area contributed by atoms with Gasteiger partial charge >= 0.3 is 0 Å². The number of piperazine rings is 1. The van der Waals surface area contributed by atoms with E-state index in [1.807, 2.05) is 13.8 Å². The molecule has 0 aliphatic carbocycles. The summed E-state index contributed by atoms with van der Waals surface area (Å²) in [4.78, 5) is 8.62. The Morgan fingerprint density at radius 1 is 1.44 bits per heavy atom. The van der Waals surface area contributed by atoms with Crippen molar-refractivity contribution in [3.05, 3.63) is 6.33 Å². The third kappa shape index (κ3) is 2.39. The smallest absolute Gasteiger partial charge is 0.205 e. The lowest BCUT2D eigenvalue weighted by molar-refractivity contribution is 0.161. The molecule has 0 spiro atoms. The van der Waals surface area contributed by atoms with Crippen LogP contribution in [0.15, 0.2) is 11.5 Å². The van der Waals surface area contributed by atoms with E-state index in [1.54, 1.807) is 6.33 Å². The van der Waals surface area contributed by atoms with Gasteiger partial charge < -0.3 is 15.8 Å². The number of rotatable bonds is 3. The molecule has 0 atom stereocenters. The van der Waals surface area contributed by atoms with E-state index in [1.165, 1.54) is 11.5 Å². The molecule has 3 N–H and O–H groups in total. The minimum absolute atomic E-state index is 0.242. The van der Waals surface area contributed by atoms with E-state index in [-0.39, 0.29) is 5.84 Å². The third-order valence-corrected chi connectivity index (χ3v) is 4.15. The summed E-state index contributed by atoms with van der Waals surface area (Å²) in [5.41, 5.74) is 5.31. The summed E-state index contributed by atoms with van der Waals surface area (Å²) in [7, 11) is 0. The van der Waals surface area contributed by atoms with Gasteiger partial charge in [0.25, 0.3) is 0 Å². The Balaban J connectivity index is 1.98. The van der Waals surface area contributed by atoms with Crippen LogP contribution in [-0.2, 0) is 0 Å². The van der Waals surface area contributed by atoms with Crippen LogP contribution in [-0.4, -0.2) is 57.0 Å². The molecular weight excluding hydrogens is 252 g/mol. The first-order chi connectivity index (χ1) is 8.55. The lowest BCUT2D eigenvalue weighted by Crippen LogP contribution is -2.59. The summed E-state index contributed by atoms with van der Waals surface area (Å²) in [6.45, 7) is 7.37. The van der Waals surface area contributed by atoms with Gasteiger partial charge in [0, 0.05) is 37.7 Å². The second-order valence-electron chi connectivity index (χ2n) is 4.74. The maximum absolute atomic E-state index is 8.81. The fourth-order valence-electron chi connectivity index (χ4n) is 2.05. The standard InChI is InChI=1S/C10H18N6OS/c1-10(2,8(11)14-17)16-5-3-15(4-6-16)9-12-7-13-18-9/h7,17H,3-6H2,1-2H3,(H2,11,14). The van der Waals surface area contributed by atoms with Gasteiger partial charge in [-0.3, -0.25) is 4.90 Å². The molecule has 1 fully saturated rings. The molecular formula is C10H18N6OS. The van der Waals surface area contributed by atoms with E-state index in [4.69, 9.17) is 10.9 Å². The normalized spacial score (nSPS) is 19.2. The van der Waals surface area contributed by atoms with E-state index in [0.29, 0.717) is 0 Å². The van der Waals surface area contributed by atoms with Crippen LogP contribution in [0.4, 0.5) is 5.13 Å².